The van der Waals surface area contributed by atoms with Gasteiger partial charge in [-0.1, -0.05) is 24.3 Å². The SMILES string of the molecule is N[C@@H](Cc1ccc(O)cc1)C(=O)[O-].N[C@@H](Cc1ccc(O)cc1)C(=O)[O-].O.O.O.[Na+].[Na+]. The summed E-state index contributed by atoms with van der Waals surface area (Å²) in [6, 6.07) is 10.4. The van der Waals surface area contributed by atoms with Crippen LogP contribution < -0.4 is 80.8 Å². The third kappa shape index (κ3) is 17.1. The second-order valence-corrected chi connectivity index (χ2v) is 5.59. The number of phenolic OH excluding ortho intramolecular Hbond substituents is 2. The summed E-state index contributed by atoms with van der Waals surface area (Å²) in [5.41, 5.74) is 12.0. The van der Waals surface area contributed by atoms with E-state index in [1.807, 2.05) is 0 Å². The quantitative estimate of drug-likeness (QED) is 0.300. The number of carboxylic acids is 2. The Morgan fingerprint density at radius 2 is 0.903 bits per heavy atom. The molecule has 0 fully saturated rings. The van der Waals surface area contributed by atoms with Crippen LogP contribution in [-0.2, 0) is 22.4 Å². The van der Waals surface area contributed by atoms with Crippen LogP contribution in [-0.4, -0.2) is 50.7 Å². The van der Waals surface area contributed by atoms with Crippen LogP contribution in [0, 0.1) is 0 Å². The van der Waals surface area contributed by atoms with E-state index in [4.69, 9.17) is 21.7 Å². The smallest absolute Gasteiger partial charge is 0.548 e. The van der Waals surface area contributed by atoms with Crippen LogP contribution in [0.15, 0.2) is 48.5 Å². The van der Waals surface area contributed by atoms with E-state index in [0.29, 0.717) is 0 Å². The standard InChI is InChI=1S/2C9H11NO3.2Na.3H2O/c2*10-8(9(12)13)5-6-1-3-7(11)4-2-6;;;;;/h2*1-4,8,11H,5,10H2,(H,12,13);;;3*1H2/q;;2*+1;;;/p-2/t2*8-;;;;;/m00...../s1. The summed E-state index contributed by atoms with van der Waals surface area (Å²) < 4.78 is 0. The predicted octanol–water partition coefficient (Wildman–Crippen LogP) is -10.4. The molecule has 2 atom stereocenters. The maximum Gasteiger partial charge on any atom is 1.00 e. The Labute approximate surface area is 223 Å². The van der Waals surface area contributed by atoms with Gasteiger partial charge in [-0.3, -0.25) is 0 Å². The minimum absolute atomic E-state index is 0. The summed E-state index contributed by atoms with van der Waals surface area (Å²) >= 11 is 0. The van der Waals surface area contributed by atoms with Gasteiger partial charge in [0.1, 0.15) is 11.5 Å². The van der Waals surface area contributed by atoms with E-state index in [0.717, 1.165) is 11.1 Å². The van der Waals surface area contributed by atoms with E-state index in [1.54, 1.807) is 24.3 Å². The minimum Gasteiger partial charge on any atom is -0.548 e. The second-order valence-electron chi connectivity index (χ2n) is 5.59. The fraction of sp³-hybridized carbons (Fsp3) is 0.222. The molecule has 0 radical (unpaired) electrons. The molecular weight excluding hydrogens is 434 g/mol. The molecule has 164 valence electrons. The Bertz CT molecular complexity index is 668. The molecular formula is C18H26N2Na2O9. The number of aliphatic carboxylic acids is 2. The van der Waals surface area contributed by atoms with Gasteiger partial charge in [0.2, 0.25) is 0 Å². The van der Waals surface area contributed by atoms with Gasteiger partial charge in [0, 0.05) is 12.1 Å². The zero-order valence-electron chi connectivity index (χ0n) is 17.4. The average molecular weight is 460 g/mol. The molecule has 12 N–H and O–H groups in total. The molecule has 2 rings (SSSR count). The molecule has 0 saturated carbocycles. The van der Waals surface area contributed by atoms with Crippen LogP contribution in [0.25, 0.3) is 0 Å². The van der Waals surface area contributed by atoms with Gasteiger partial charge in [-0.2, -0.15) is 0 Å². The average Bonchev–Trinajstić information content (AvgIpc) is 2.59. The van der Waals surface area contributed by atoms with Crippen molar-refractivity contribution in [3.05, 3.63) is 59.7 Å². The number of hydrogen-bond acceptors (Lipinski definition) is 8. The summed E-state index contributed by atoms with van der Waals surface area (Å²) in [7, 11) is 0. The number of hydrogen-bond donors (Lipinski definition) is 4. The molecule has 0 spiro atoms. The van der Waals surface area contributed by atoms with Crippen LogP contribution in [0.4, 0.5) is 0 Å². The van der Waals surface area contributed by atoms with Gasteiger partial charge in [0.25, 0.3) is 0 Å². The van der Waals surface area contributed by atoms with Gasteiger partial charge in [0.05, 0.1) is 11.9 Å². The molecule has 0 heterocycles. The first-order valence-electron chi connectivity index (χ1n) is 7.67. The molecule has 31 heavy (non-hydrogen) atoms. The first kappa shape index (κ1) is 40.2. The zero-order valence-corrected chi connectivity index (χ0v) is 21.4. The maximum atomic E-state index is 10.3. The van der Waals surface area contributed by atoms with Gasteiger partial charge in [-0.05, 0) is 48.2 Å². The van der Waals surface area contributed by atoms with Gasteiger partial charge in [0.15, 0.2) is 0 Å². The summed E-state index contributed by atoms with van der Waals surface area (Å²) in [5.74, 6) is -2.25. The van der Waals surface area contributed by atoms with Crippen molar-refractivity contribution in [3.8, 4) is 11.5 Å². The molecule has 0 amide bonds. The summed E-state index contributed by atoms with van der Waals surface area (Å²) in [6.07, 6.45) is 0.422. The summed E-state index contributed by atoms with van der Waals surface area (Å²) in [6.45, 7) is 0. The van der Waals surface area contributed by atoms with Crippen LogP contribution in [0.2, 0.25) is 0 Å². The van der Waals surface area contributed by atoms with Crippen LogP contribution in [0.3, 0.4) is 0 Å². The van der Waals surface area contributed by atoms with Crippen molar-refractivity contribution in [2.75, 3.05) is 0 Å². The summed E-state index contributed by atoms with van der Waals surface area (Å²) in [5, 5.41) is 38.5. The molecule has 0 aliphatic rings. The first-order valence-corrected chi connectivity index (χ1v) is 7.67. The minimum atomic E-state index is -1.27. The van der Waals surface area contributed by atoms with Crippen molar-refractivity contribution in [2.24, 2.45) is 11.5 Å². The van der Waals surface area contributed by atoms with Crippen molar-refractivity contribution in [3.63, 3.8) is 0 Å². The van der Waals surface area contributed by atoms with Crippen molar-refractivity contribution < 1.29 is 106 Å². The molecule has 0 aliphatic heterocycles. The van der Waals surface area contributed by atoms with Crippen LogP contribution in [0.5, 0.6) is 11.5 Å². The van der Waals surface area contributed by atoms with Crippen molar-refractivity contribution >= 4 is 11.9 Å². The Kier molecular flexibility index (Phi) is 26.8. The third-order valence-corrected chi connectivity index (χ3v) is 3.39. The molecule has 2 aromatic carbocycles. The molecule has 13 heteroatoms. The largest absolute Gasteiger partial charge is 1.00 e. The number of aromatic hydroxyl groups is 2. The normalized spacial score (nSPS) is 10.4. The van der Waals surface area contributed by atoms with E-state index in [1.165, 1.54) is 24.3 Å². The zero-order chi connectivity index (χ0) is 19.7. The number of carbonyl (C=O) groups excluding carboxylic acids is 2. The third-order valence-electron chi connectivity index (χ3n) is 3.39. The fourth-order valence-corrected chi connectivity index (χ4v) is 1.94. The van der Waals surface area contributed by atoms with E-state index in [9.17, 15) is 19.8 Å². The molecule has 0 saturated heterocycles. The molecule has 2 aromatic rings. The predicted molar refractivity (Wildman–Crippen MR) is 100 cm³/mol. The number of carboxylic acid groups (broad SMARTS) is 2. The Balaban J connectivity index is -0.000000125. The molecule has 0 aliphatic carbocycles. The molecule has 11 nitrogen and oxygen atoms in total. The Morgan fingerprint density at radius 3 is 1.10 bits per heavy atom. The van der Waals surface area contributed by atoms with E-state index < -0.39 is 24.0 Å². The Hall–Kier alpha value is -1.22. The van der Waals surface area contributed by atoms with Gasteiger partial charge in [-0.25, -0.2) is 0 Å². The summed E-state index contributed by atoms with van der Waals surface area (Å²) in [4.78, 5) is 20.6. The van der Waals surface area contributed by atoms with Crippen molar-refractivity contribution in [2.45, 2.75) is 24.9 Å². The van der Waals surface area contributed by atoms with Crippen molar-refractivity contribution in [1.82, 2.24) is 0 Å². The fourth-order valence-electron chi connectivity index (χ4n) is 1.94. The van der Waals surface area contributed by atoms with E-state index in [2.05, 4.69) is 0 Å². The number of phenols is 2. The number of nitrogens with two attached hydrogens (primary N) is 2. The van der Waals surface area contributed by atoms with Crippen LogP contribution in [0.1, 0.15) is 11.1 Å². The van der Waals surface area contributed by atoms with Crippen LogP contribution >= 0.6 is 0 Å². The van der Waals surface area contributed by atoms with E-state index in [-0.39, 0.29) is 99.9 Å². The number of rotatable bonds is 6. The Morgan fingerprint density at radius 1 is 0.677 bits per heavy atom. The molecule has 0 unspecified atom stereocenters. The first-order chi connectivity index (χ1) is 12.2. The van der Waals surface area contributed by atoms with Gasteiger partial charge < -0.3 is 57.9 Å². The van der Waals surface area contributed by atoms with E-state index >= 15 is 0 Å². The van der Waals surface area contributed by atoms with Gasteiger partial charge >= 0.3 is 59.1 Å². The van der Waals surface area contributed by atoms with Crippen molar-refractivity contribution in [1.29, 1.82) is 0 Å². The number of carbonyl (C=O) groups is 2. The molecule has 0 bridgehead atoms. The van der Waals surface area contributed by atoms with Gasteiger partial charge in [-0.15, -0.1) is 0 Å². The maximum absolute atomic E-state index is 10.3. The topological polar surface area (TPSA) is 267 Å². The molecule has 0 aromatic heterocycles. The second kappa shape index (κ2) is 20.7. The monoisotopic (exact) mass is 460 g/mol. The number of benzene rings is 2.